The highest BCUT2D eigenvalue weighted by molar-refractivity contribution is 8.00. The van der Waals surface area contributed by atoms with Gasteiger partial charge in [0.05, 0.1) is 28.4 Å². The monoisotopic (exact) mass is 576 g/mol. The lowest BCUT2D eigenvalue weighted by molar-refractivity contribution is -0.130. The number of methoxy groups -OCH3 is 4. The van der Waals surface area contributed by atoms with E-state index in [-0.39, 0.29) is 11.2 Å². The lowest BCUT2D eigenvalue weighted by Gasteiger charge is -2.34. The van der Waals surface area contributed by atoms with Crippen LogP contribution in [-0.2, 0) is 17.6 Å². The molecule has 8 heteroatoms. The molecule has 2 atom stereocenters. The van der Waals surface area contributed by atoms with E-state index in [0.29, 0.717) is 24.0 Å². The van der Waals surface area contributed by atoms with E-state index in [9.17, 15) is 4.79 Å². The molecular formula is C33H40N2O5S. The fourth-order valence-corrected chi connectivity index (χ4v) is 7.12. The van der Waals surface area contributed by atoms with E-state index in [4.69, 9.17) is 18.9 Å². The van der Waals surface area contributed by atoms with Gasteiger partial charge in [-0.05, 0) is 91.5 Å². The van der Waals surface area contributed by atoms with Gasteiger partial charge in [-0.2, -0.15) is 0 Å². The molecule has 0 bridgehead atoms. The summed E-state index contributed by atoms with van der Waals surface area (Å²) in [5.74, 6) is 3.58. The van der Waals surface area contributed by atoms with Gasteiger partial charge in [0, 0.05) is 30.4 Å². The van der Waals surface area contributed by atoms with Crippen molar-refractivity contribution in [2.45, 2.75) is 35.3 Å². The van der Waals surface area contributed by atoms with Gasteiger partial charge < -0.3 is 28.7 Å². The van der Waals surface area contributed by atoms with Crippen molar-refractivity contribution in [3.63, 3.8) is 0 Å². The largest absolute Gasteiger partial charge is 0.493 e. The van der Waals surface area contributed by atoms with Gasteiger partial charge >= 0.3 is 0 Å². The van der Waals surface area contributed by atoms with Crippen molar-refractivity contribution in [2.75, 3.05) is 61.7 Å². The van der Waals surface area contributed by atoms with Crippen LogP contribution in [-0.4, -0.2) is 77.4 Å². The maximum Gasteiger partial charge on any atom is 0.240 e. The number of thioether (sulfide) groups is 1. The molecule has 2 aliphatic rings. The van der Waals surface area contributed by atoms with Crippen molar-refractivity contribution >= 4 is 17.7 Å². The molecule has 3 aromatic carbocycles. The maximum absolute atomic E-state index is 14.0. The Bertz CT molecular complexity index is 1370. The molecule has 0 radical (unpaired) electrons. The van der Waals surface area contributed by atoms with Crippen LogP contribution in [0, 0.1) is 0 Å². The molecule has 1 aliphatic carbocycles. The van der Waals surface area contributed by atoms with E-state index in [0.717, 1.165) is 66.4 Å². The molecule has 5 rings (SSSR count). The second kappa shape index (κ2) is 13.1. The summed E-state index contributed by atoms with van der Waals surface area (Å²) in [6.07, 6.45) is 2.75. The Balaban J connectivity index is 1.24. The zero-order valence-corrected chi connectivity index (χ0v) is 25.5. The van der Waals surface area contributed by atoms with Gasteiger partial charge in [-0.15, -0.1) is 11.8 Å². The summed E-state index contributed by atoms with van der Waals surface area (Å²) in [6, 6.07) is 18.4. The van der Waals surface area contributed by atoms with E-state index in [2.05, 4.69) is 36.2 Å². The van der Waals surface area contributed by atoms with Crippen LogP contribution in [0.15, 0.2) is 59.5 Å². The lowest BCUT2D eigenvalue weighted by atomic mass is 9.77. The van der Waals surface area contributed by atoms with Crippen molar-refractivity contribution in [3.05, 3.63) is 76.9 Å². The van der Waals surface area contributed by atoms with Gasteiger partial charge in [0.15, 0.2) is 23.0 Å². The van der Waals surface area contributed by atoms with Crippen LogP contribution in [0.2, 0.25) is 0 Å². The van der Waals surface area contributed by atoms with E-state index in [1.165, 1.54) is 11.1 Å². The highest BCUT2D eigenvalue weighted by atomic mass is 32.2. The van der Waals surface area contributed by atoms with Crippen molar-refractivity contribution in [1.82, 2.24) is 9.80 Å². The predicted molar refractivity (Wildman–Crippen MR) is 163 cm³/mol. The fourth-order valence-electron chi connectivity index (χ4n) is 5.93. The molecule has 1 amide bonds. The number of fused-ring (bicyclic) bond motifs is 2. The summed E-state index contributed by atoms with van der Waals surface area (Å²) in [5, 5.41) is -0.342. The Labute approximate surface area is 247 Å². The average Bonchev–Trinajstić information content (AvgIpc) is 3.11. The second-order valence-corrected chi connectivity index (χ2v) is 11.9. The molecule has 0 saturated heterocycles. The molecular weight excluding hydrogens is 536 g/mol. The van der Waals surface area contributed by atoms with Crippen molar-refractivity contribution in [2.24, 2.45) is 0 Å². The van der Waals surface area contributed by atoms with Crippen LogP contribution in [0.25, 0.3) is 0 Å². The molecule has 0 N–H and O–H groups in total. The first-order chi connectivity index (χ1) is 19.9. The van der Waals surface area contributed by atoms with Crippen molar-refractivity contribution in [3.8, 4) is 23.0 Å². The zero-order valence-electron chi connectivity index (χ0n) is 24.6. The maximum atomic E-state index is 14.0. The quantitative estimate of drug-likeness (QED) is 0.278. The molecule has 1 heterocycles. The third kappa shape index (κ3) is 6.28. The highest BCUT2D eigenvalue weighted by Gasteiger charge is 2.33. The summed E-state index contributed by atoms with van der Waals surface area (Å²) < 4.78 is 22.2. The van der Waals surface area contributed by atoms with Crippen LogP contribution in [0.3, 0.4) is 0 Å². The number of hydrogen-bond acceptors (Lipinski definition) is 7. The average molecular weight is 577 g/mol. The summed E-state index contributed by atoms with van der Waals surface area (Å²) in [7, 11) is 8.83. The zero-order chi connectivity index (χ0) is 28.9. The summed E-state index contributed by atoms with van der Waals surface area (Å²) in [6.45, 7) is 3.32. The normalized spacial score (nSPS) is 17.8. The third-order valence-corrected chi connectivity index (χ3v) is 9.40. The van der Waals surface area contributed by atoms with Gasteiger partial charge in [-0.3, -0.25) is 4.79 Å². The number of ether oxygens (including phenoxy) is 4. The van der Waals surface area contributed by atoms with E-state index < -0.39 is 0 Å². The first kappa shape index (κ1) is 29.1. The Hall–Kier alpha value is -3.36. The summed E-state index contributed by atoms with van der Waals surface area (Å²) in [4.78, 5) is 19.5. The molecule has 1 unspecified atom stereocenters. The number of rotatable bonds is 12. The standard InChI is InChI=1S/C33H40N2O5S/c1-34(21-24-16-23-18-29(38-3)30(39-4)19-26(23)24)13-9-14-35-15-12-22-17-28(37-2)31(40-5)20-27(22)32(33(35)36)41-25-10-7-6-8-11-25/h6-8,10-11,17-20,24,32H,9,12-16,21H2,1-5H3/t24-,32?/m1/s1. The van der Waals surface area contributed by atoms with Crippen LogP contribution in [0.5, 0.6) is 23.0 Å². The molecule has 3 aromatic rings. The van der Waals surface area contributed by atoms with Gasteiger partial charge in [0.25, 0.3) is 0 Å². The summed E-state index contributed by atoms with van der Waals surface area (Å²) in [5.41, 5.74) is 4.84. The fraction of sp³-hybridized carbons (Fsp3) is 0.424. The minimum atomic E-state index is -0.342. The van der Waals surface area contributed by atoms with Crippen LogP contribution in [0.1, 0.15) is 39.8 Å². The first-order valence-electron chi connectivity index (χ1n) is 14.1. The smallest absolute Gasteiger partial charge is 0.240 e. The minimum absolute atomic E-state index is 0.154. The third-order valence-electron chi connectivity index (χ3n) is 8.16. The molecule has 218 valence electrons. The van der Waals surface area contributed by atoms with Gasteiger partial charge in [-0.1, -0.05) is 18.2 Å². The Kier molecular flexibility index (Phi) is 9.30. The number of nitrogens with zero attached hydrogens (tertiary/aromatic N) is 2. The van der Waals surface area contributed by atoms with Gasteiger partial charge in [0.2, 0.25) is 5.91 Å². The number of carbonyl (C=O) groups excluding carboxylic acids is 1. The van der Waals surface area contributed by atoms with Gasteiger partial charge in [-0.25, -0.2) is 0 Å². The van der Waals surface area contributed by atoms with E-state index >= 15 is 0 Å². The van der Waals surface area contributed by atoms with Crippen LogP contribution < -0.4 is 18.9 Å². The molecule has 0 spiro atoms. The van der Waals surface area contributed by atoms with Crippen molar-refractivity contribution < 1.29 is 23.7 Å². The first-order valence-corrected chi connectivity index (χ1v) is 15.0. The minimum Gasteiger partial charge on any atom is -0.493 e. The molecule has 41 heavy (non-hydrogen) atoms. The topological polar surface area (TPSA) is 60.5 Å². The Morgan fingerprint density at radius 2 is 1.46 bits per heavy atom. The Morgan fingerprint density at radius 1 is 0.854 bits per heavy atom. The molecule has 1 aliphatic heterocycles. The molecule has 0 aromatic heterocycles. The predicted octanol–water partition coefficient (Wildman–Crippen LogP) is 5.60. The SMILES string of the molecule is COc1cc2c(cc1OC)C(Sc1ccccc1)C(=O)N(CCCN(C)C[C@H]1Cc3cc(OC)c(OC)cc31)CC2. The molecule has 7 nitrogen and oxygen atoms in total. The number of amides is 1. The van der Waals surface area contributed by atoms with Crippen LogP contribution in [0.4, 0.5) is 0 Å². The van der Waals surface area contributed by atoms with Crippen molar-refractivity contribution in [1.29, 1.82) is 0 Å². The van der Waals surface area contributed by atoms with Crippen LogP contribution >= 0.6 is 11.8 Å². The van der Waals surface area contributed by atoms with E-state index in [1.807, 2.05) is 35.2 Å². The number of likely N-dealkylation sites (N-methyl/N-ethyl adjacent to an activating group) is 1. The molecule has 0 fully saturated rings. The van der Waals surface area contributed by atoms with E-state index in [1.54, 1.807) is 40.2 Å². The highest BCUT2D eigenvalue weighted by Crippen LogP contribution is 2.44. The number of hydrogen-bond donors (Lipinski definition) is 0. The molecule has 0 saturated carbocycles. The number of carbonyl (C=O) groups is 1. The second-order valence-electron chi connectivity index (χ2n) is 10.7. The van der Waals surface area contributed by atoms with Gasteiger partial charge in [0.1, 0.15) is 5.25 Å². The lowest BCUT2D eigenvalue weighted by Crippen LogP contribution is -2.37. The Morgan fingerprint density at radius 3 is 2.12 bits per heavy atom. The number of benzene rings is 3. The summed E-state index contributed by atoms with van der Waals surface area (Å²) >= 11 is 1.61.